The Hall–Kier alpha value is -6.32. The first-order valence-corrected chi connectivity index (χ1v) is 20.5. The summed E-state index contributed by atoms with van der Waals surface area (Å²) in [6.07, 6.45) is 6.64. The fraction of sp³-hybridized carbons (Fsp3) is 0.185. The summed E-state index contributed by atoms with van der Waals surface area (Å²) >= 11 is 0. The quantitative estimate of drug-likeness (QED) is 0.180. The number of allylic oxidation sites excluding steroid dienone is 1. The lowest BCUT2D eigenvalue weighted by molar-refractivity contribution is 0.332. The molecule has 0 radical (unpaired) electrons. The summed E-state index contributed by atoms with van der Waals surface area (Å²) in [4.78, 5) is 10.7. The van der Waals surface area contributed by atoms with Crippen LogP contribution < -0.4 is 0 Å². The van der Waals surface area contributed by atoms with Gasteiger partial charge in [0.25, 0.3) is 0 Å². The van der Waals surface area contributed by atoms with Crippen molar-refractivity contribution < 1.29 is 0 Å². The van der Waals surface area contributed by atoms with Gasteiger partial charge in [-0.2, -0.15) is 0 Å². The largest absolute Gasteiger partial charge is 0.309 e. The van der Waals surface area contributed by atoms with E-state index in [-0.39, 0.29) is 10.8 Å². The van der Waals surface area contributed by atoms with E-state index in [1.165, 1.54) is 84.1 Å². The van der Waals surface area contributed by atoms with E-state index in [0.29, 0.717) is 0 Å². The summed E-state index contributed by atoms with van der Waals surface area (Å²) in [5.41, 5.74) is 14.7. The van der Waals surface area contributed by atoms with Crippen molar-refractivity contribution >= 4 is 48.9 Å². The van der Waals surface area contributed by atoms with E-state index in [0.717, 1.165) is 46.8 Å². The van der Waals surface area contributed by atoms with E-state index in [4.69, 9.17) is 9.97 Å². The number of aryl methyl sites for hydroxylation is 1. The van der Waals surface area contributed by atoms with Gasteiger partial charge in [0.15, 0.2) is 5.82 Å². The zero-order valence-electron chi connectivity index (χ0n) is 33.1. The maximum Gasteiger partial charge on any atom is 0.160 e. The average molecular weight is 736 g/mol. The van der Waals surface area contributed by atoms with Crippen molar-refractivity contribution in [3.05, 3.63) is 180 Å². The highest BCUT2D eigenvalue weighted by atomic mass is 15.0. The minimum absolute atomic E-state index is 0.111. The van der Waals surface area contributed by atoms with Gasteiger partial charge in [0.1, 0.15) is 0 Å². The van der Waals surface area contributed by atoms with Gasteiger partial charge in [-0.3, -0.25) is 0 Å². The summed E-state index contributed by atoms with van der Waals surface area (Å²) in [7, 11) is 0. The average Bonchev–Trinajstić information content (AvgIpc) is 3.55. The molecule has 0 spiro atoms. The molecule has 2 heterocycles. The maximum atomic E-state index is 5.37. The van der Waals surface area contributed by atoms with Gasteiger partial charge in [-0.1, -0.05) is 137 Å². The zero-order valence-corrected chi connectivity index (χ0v) is 33.1. The van der Waals surface area contributed by atoms with Crippen LogP contribution in [0.5, 0.6) is 0 Å². The Morgan fingerprint density at radius 3 is 1.96 bits per heavy atom. The van der Waals surface area contributed by atoms with Crippen LogP contribution in [-0.4, -0.2) is 14.5 Å². The second-order valence-electron chi connectivity index (χ2n) is 17.6. The van der Waals surface area contributed by atoms with Crippen LogP contribution in [0.2, 0.25) is 0 Å². The van der Waals surface area contributed by atoms with Crippen molar-refractivity contribution in [3.8, 4) is 28.2 Å². The smallest absolute Gasteiger partial charge is 0.160 e. The summed E-state index contributed by atoms with van der Waals surface area (Å²) in [5.74, 6) is 0.771. The molecule has 276 valence electrons. The number of rotatable bonds is 4. The van der Waals surface area contributed by atoms with Gasteiger partial charge in [0, 0.05) is 33.2 Å². The van der Waals surface area contributed by atoms with Crippen LogP contribution in [0, 0.1) is 0 Å². The summed E-state index contributed by atoms with van der Waals surface area (Å²) in [5, 5.41) is 7.60. The SMILES string of the molecule is CC1(C)CCC(C)(C)c2cc3c(cc21)c1cc2ccccc2cc1n3-c1ccc2c(c1)CCC=C2c1nc(-c2ccccc2)cc(-c2cccc3ccccc23)n1. The monoisotopic (exact) mass is 735 g/mol. The van der Waals surface area contributed by atoms with E-state index < -0.39 is 0 Å². The molecule has 0 atom stereocenters. The van der Waals surface area contributed by atoms with Crippen LogP contribution in [0.4, 0.5) is 0 Å². The van der Waals surface area contributed by atoms with E-state index in [1.54, 1.807) is 0 Å². The summed E-state index contributed by atoms with van der Waals surface area (Å²) in [6, 6.07) is 53.5. The lowest BCUT2D eigenvalue weighted by Crippen LogP contribution is -2.33. The van der Waals surface area contributed by atoms with Gasteiger partial charge in [-0.15, -0.1) is 0 Å². The summed E-state index contributed by atoms with van der Waals surface area (Å²) in [6.45, 7) is 9.73. The van der Waals surface area contributed by atoms with Crippen molar-refractivity contribution in [1.82, 2.24) is 14.5 Å². The lowest BCUT2D eigenvalue weighted by Gasteiger charge is -2.42. The van der Waals surface area contributed by atoms with Gasteiger partial charge in [0.2, 0.25) is 0 Å². The van der Waals surface area contributed by atoms with Gasteiger partial charge in [-0.05, 0) is 123 Å². The predicted molar refractivity (Wildman–Crippen MR) is 239 cm³/mol. The van der Waals surface area contributed by atoms with Crippen LogP contribution >= 0.6 is 0 Å². The minimum atomic E-state index is 0.111. The zero-order chi connectivity index (χ0) is 38.5. The van der Waals surface area contributed by atoms with E-state index >= 15 is 0 Å². The van der Waals surface area contributed by atoms with E-state index in [9.17, 15) is 0 Å². The third-order valence-corrected chi connectivity index (χ3v) is 13.1. The number of aromatic nitrogens is 3. The Balaban J connectivity index is 1.10. The van der Waals surface area contributed by atoms with Crippen molar-refractivity contribution in [2.45, 2.75) is 64.2 Å². The molecule has 2 aromatic heterocycles. The topological polar surface area (TPSA) is 30.7 Å². The second kappa shape index (κ2) is 12.6. The number of nitrogens with zero attached hydrogens (tertiary/aromatic N) is 3. The highest BCUT2D eigenvalue weighted by Crippen LogP contribution is 2.49. The molecule has 0 fully saturated rings. The highest BCUT2D eigenvalue weighted by Gasteiger charge is 2.38. The maximum absolute atomic E-state index is 5.37. The van der Waals surface area contributed by atoms with Crippen molar-refractivity contribution in [3.63, 3.8) is 0 Å². The van der Waals surface area contributed by atoms with Crippen molar-refractivity contribution in [2.24, 2.45) is 0 Å². The molecular weight excluding hydrogens is 691 g/mol. The van der Waals surface area contributed by atoms with Crippen LogP contribution in [0.1, 0.15) is 75.0 Å². The molecule has 57 heavy (non-hydrogen) atoms. The molecule has 0 bridgehead atoms. The first-order chi connectivity index (χ1) is 27.7. The Labute approximate surface area is 334 Å². The normalized spacial score (nSPS) is 15.8. The fourth-order valence-electron chi connectivity index (χ4n) is 9.83. The van der Waals surface area contributed by atoms with E-state index in [2.05, 4.69) is 184 Å². The first kappa shape index (κ1) is 34.0. The third kappa shape index (κ3) is 5.47. The molecular formula is C54H45N3. The Kier molecular flexibility index (Phi) is 7.51. The Morgan fingerprint density at radius 2 is 1.16 bits per heavy atom. The number of fused-ring (bicyclic) bond motifs is 7. The van der Waals surface area contributed by atoms with Gasteiger partial charge >= 0.3 is 0 Å². The van der Waals surface area contributed by atoms with Crippen molar-refractivity contribution in [1.29, 1.82) is 0 Å². The van der Waals surface area contributed by atoms with Crippen LogP contribution in [-0.2, 0) is 17.3 Å². The van der Waals surface area contributed by atoms with Crippen LogP contribution in [0.3, 0.4) is 0 Å². The molecule has 3 heteroatoms. The van der Waals surface area contributed by atoms with Gasteiger partial charge < -0.3 is 4.57 Å². The third-order valence-electron chi connectivity index (χ3n) is 13.1. The first-order valence-electron chi connectivity index (χ1n) is 20.5. The van der Waals surface area contributed by atoms with Crippen molar-refractivity contribution in [2.75, 3.05) is 0 Å². The predicted octanol–water partition coefficient (Wildman–Crippen LogP) is 13.9. The highest BCUT2D eigenvalue weighted by molar-refractivity contribution is 6.14. The number of hydrogen-bond acceptors (Lipinski definition) is 2. The molecule has 2 aliphatic carbocycles. The molecule has 7 aromatic carbocycles. The molecule has 0 saturated heterocycles. The number of benzene rings is 7. The standard InChI is InChI=1S/C54H45N3/c1-53(2)26-27-54(3,4)47-32-51-45(31-46(47)53)44-29-36-17-8-9-18-37(36)30-50(44)57(51)39-24-25-41-38(28-39)20-13-23-43(41)52-55-48(35-15-6-5-7-16-35)33-49(56-52)42-22-12-19-34-14-10-11-21-40(34)42/h5-12,14-19,21-25,28-33H,13,20,26-27H2,1-4H3. The fourth-order valence-corrected chi connectivity index (χ4v) is 9.83. The number of hydrogen-bond donors (Lipinski definition) is 0. The van der Waals surface area contributed by atoms with Gasteiger partial charge in [-0.25, -0.2) is 9.97 Å². The molecule has 11 rings (SSSR count). The van der Waals surface area contributed by atoms with Crippen LogP contribution in [0.25, 0.3) is 77.1 Å². The molecule has 9 aromatic rings. The molecule has 0 saturated carbocycles. The molecule has 0 unspecified atom stereocenters. The second-order valence-corrected chi connectivity index (χ2v) is 17.6. The Morgan fingerprint density at radius 1 is 0.509 bits per heavy atom. The molecule has 3 nitrogen and oxygen atoms in total. The van der Waals surface area contributed by atoms with Gasteiger partial charge in [0.05, 0.1) is 22.4 Å². The molecule has 2 aliphatic rings. The molecule has 0 N–H and O–H groups in total. The Bertz CT molecular complexity index is 3120. The molecule has 0 aliphatic heterocycles. The minimum Gasteiger partial charge on any atom is -0.309 e. The summed E-state index contributed by atoms with van der Waals surface area (Å²) < 4.78 is 2.54. The van der Waals surface area contributed by atoms with Crippen LogP contribution in [0.15, 0.2) is 152 Å². The lowest BCUT2D eigenvalue weighted by atomic mass is 9.63. The van der Waals surface area contributed by atoms with E-state index in [1.807, 2.05) is 0 Å². The molecule has 0 amide bonds.